The van der Waals surface area contributed by atoms with Crippen molar-refractivity contribution in [3.63, 3.8) is 0 Å². The first-order valence-electron chi connectivity index (χ1n) is 15.4. The quantitative estimate of drug-likeness (QED) is 0.0616. The standard InChI is InChI=1S/C28H29N5O20S6/c1-29-22-8-5-18-19(26(22)32-31-21-7-4-17(14-24(21)56(39,40)41)55(37,38)12-10-53-59(48,49)50)15-25(57(42,43)44)27(28(18)51-2)33-30-20-6-3-16(13-23(20)34)54(35,36)11-9-52-58(45,46)47/h3-8,13-15,29,34H,9-12H2,1-2H3,(H,39,40,41)(H,42,43,44)(H,45,46,47)(H,48,49,50). The third kappa shape index (κ3) is 11.9. The molecule has 31 heteroatoms. The molecule has 0 aromatic heterocycles. The molecule has 0 heterocycles. The normalized spacial score (nSPS) is 13.4. The highest BCUT2D eigenvalue weighted by atomic mass is 32.3. The van der Waals surface area contributed by atoms with Gasteiger partial charge in [0.2, 0.25) is 0 Å². The summed E-state index contributed by atoms with van der Waals surface area (Å²) in [4.78, 5) is -3.35. The highest BCUT2D eigenvalue weighted by molar-refractivity contribution is 7.92. The Hall–Kier alpha value is -4.80. The Bertz CT molecular complexity index is 3070. The van der Waals surface area contributed by atoms with Crippen LogP contribution < -0.4 is 10.1 Å². The van der Waals surface area contributed by atoms with E-state index in [-0.39, 0.29) is 27.9 Å². The second kappa shape index (κ2) is 17.4. The summed E-state index contributed by atoms with van der Waals surface area (Å²) in [5.74, 6) is -3.20. The molecule has 6 N–H and O–H groups in total. The van der Waals surface area contributed by atoms with Gasteiger partial charge in [-0.05, 0) is 48.5 Å². The van der Waals surface area contributed by atoms with Gasteiger partial charge >= 0.3 is 20.8 Å². The summed E-state index contributed by atoms with van der Waals surface area (Å²) < 4.78 is 195. The van der Waals surface area contributed by atoms with Crippen molar-refractivity contribution in [3.05, 3.63) is 54.6 Å². The van der Waals surface area contributed by atoms with Crippen LogP contribution in [-0.4, -0.2) is 113 Å². The number of nitrogens with zero attached hydrogens (tertiary/aromatic N) is 4. The first kappa shape index (κ1) is 46.9. The minimum absolute atomic E-state index is 0.00290. The molecule has 0 aliphatic heterocycles. The molecule has 0 unspecified atom stereocenters. The molecule has 25 nitrogen and oxygen atoms in total. The van der Waals surface area contributed by atoms with Gasteiger partial charge in [0, 0.05) is 23.9 Å². The van der Waals surface area contributed by atoms with Crippen molar-refractivity contribution >= 4 is 99.9 Å². The lowest BCUT2D eigenvalue weighted by Gasteiger charge is -2.15. The van der Waals surface area contributed by atoms with Crippen molar-refractivity contribution in [3.8, 4) is 11.5 Å². The number of phenolic OH excluding ortho intramolecular Hbond substituents is 1. The van der Waals surface area contributed by atoms with Crippen LogP contribution in [0.15, 0.2) is 94.6 Å². The average Bonchev–Trinajstić information content (AvgIpc) is 3.10. The molecule has 59 heavy (non-hydrogen) atoms. The molecule has 0 saturated heterocycles. The van der Waals surface area contributed by atoms with Gasteiger partial charge in [-0.25, -0.2) is 25.2 Å². The van der Waals surface area contributed by atoms with Crippen LogP contribution in [0.4, 0.5) is 28.4 Å². The lowest BCUT2D eigenvalue weighted by atomic mass is 10.0. The number of hydrogen-bond donors (Lipinski definition) is 6. The molecule has 0 amide bonds. The van der Waals surface area contributed by atoms with Crippen LogP contribution in [0.2, 0.25) is 0 Å². The van der Waals surface area contributed by atoms with E-state index in [9.17, 15) is 64.7 Å². The summed E-state index contributed by atoms with van der Waals surface area (Å²) in [6.07, 6.45) is 0. The number of rotatable bonds is 18. The van der Waals surface area contributed by atoms with Gasteiger partial charge < -0.3 is 15.2 Å². The third-order valence-corrected chi connectivity index (χ3v) is 13.5. The first-order chi connectivity index (χ1) is 27.1. The number of ether oxygens (including phenoxy) is 1. The molecule has 0 fully saturated rings. The topological polar surface area (TPSA) is 395 Å². The summed E-state index contributed by atoms with van der Waals surface area (Å²) >= 11 is 0. The van der Waals surface area contributed by atoms with E-state index in [0.29, 0.717) is 12.1 Å². The van der Waals surface area contributed by atoms with Crippen molar-refractivity contribution in [2.45, 2.75) is 19.6 Å². The summed E-state index contributed by atoms with van der Waals surface area (Å²) in [6, 6.07) is 8.28. The van der Waals surface area contributed by atoms with Crippen LogP contribution in [0, 0.1) is 0 Å². The molecule has 0 atom stereocenters. The van der Waals surface area contributed by atoms with Crippen molar-refractivity contribution in [2.24, 2.45) is 20.5 Å². The van der Waals surface area contributed by atoms with E-state index in [2.05, 4.69) is 34.1 Å². The fourth-order valence-electron chi connectivity index (χ4n) is 4.90. The zero-order chi connectivity index (χ0) is 44.4. The maximum Gasteiger partial charge on any atom is 0.397 e. The number of methoxy groups -OCH3 is 1. The molecule has 4 rings (SSSR count). The predicted molar refractivity (Wildman–Crippen MR) is 202 cm³/mol. The van der Waals surface area contributed by atoms with E-state index < -0.39 is 128 Å². The Kier molecular flexibility index (Phi) is 13.8. The van der Waals surface area contributed by atoms with Gasteiger partial charge in [0.05, 0.1) is 47.3 Å². The molecule has 0 saturated carbocycles. The Morgan fingerprint density at radius 3 is 1.54 bits per heavy atom. The minimum Gasteiger partial charge on any atom is -0.506 e. The van der Waals surface area contributed by atoms with Crippen LogP contribution in [0.25, 0.3) is 10.8 Å². The first-order valence-corrected chi connectivity index (χ1v) is 24.3. The highest BCUT2D eigenvalue weighted by Gasteiger charge is 2.27. The fourth-order valence-corrected chi connectivity index (χ4v) is 9.28. The van der Waals surface area contributed by atoms with Gasteiger partial charge in [0.1, 0.15) is 38.3 Å². The minimum atomic E-state index is -5.25. The lowest BCUT2D eigenvalue weighted by Crippen LogP contribution is -2.16. The molecule has 0 radical (unpaired) electrons. The van der Waals surface area contributed by atoms with E-state index in [1.54, 1.807) is 0 Å². The zero-order valence-corrected chi connectivity index (χ0v) is 34.5. The van der Waals surface area contributed by atoms with E-state index in [4.69, 9.17) is 13.8 Å². The molecule has 4 aromatic carbocycles. The number of sulfone groups is 2. The molecular weight excluding hydrogens is 919 g/mol. The second-order valence-corrected chi connectivity index (χ2v) is 20.5. The van der Waals surface area contributed by atoms with E-state index in [0.717, 1.165) is 37.4 Å². The summed E-state index contributed by atoms with van der Waals surface area (Å²) in [7, 11) is -26.8. The number of benzene rings is 4. The van der Waals surface area contributed by atoms with Crippen LogP contribution in [-0.2, 0) is 69.1 Å². The van der Waals surface area contributed by atoms with E-state index in [1.165, 1.54) is 19.2 Å². The maximum absolute atomic E-state index is 12.7. The van der Waals surface area contributed by atoms with Gasteiger partial charge in [-0.1, -0.05) is 0 Å². The van der Waals surface area contributed by atoms with Crippen LogP contribution in [0.1, 0.15) is 0 Å². The number of aromatic hydroxyl groups is 1. The number of azo groups is 2. The van der Waals surface area contributed by atoms with Gasteiger partial charge in [0.25, 0.3) is 20.2 Å². The molecule has 0 aliphatic carbocycles. The van der Waals surface area contributed by atoms with Crippen LogP contribution >= 0.6 is 0 Å². The van der Waals surface area contributed by atoms with E-state index in [1.807, 2.05) is 0 Å². The van der Waals surface area contributed by atoms with Crippen molar-refractivity contribution in [2.75, 3.05) is 44.2 Å². The second-order valence-electron chi connectivity index (χ2n) is 11.3. The van der Waals surface area contributed by atoms with E-state index >= 15 is 0 Å². The summed E-state index contributed by atoms with van der Waals surface area (Å²) in [5, 5.41) is 28.5. The monoisotopic (exact) mass is 947 g/mol. The van der Waals surface area contributed by atoms with Crippen molar-refractivity contribution < 1.29 is 86.9 Å². The molecular formula is C28H29N5O20S6. The SMILES string of the molecule is CNc1ccc2c(OC)c(N=Nc3ccc(S(=O)(=O)CCOS(=O)(=O)O)cc3O)c(S(=O)(=O)O)cc2c1N=Nc1ccc(S(=O)(=O)CCOS(=O)(=O)O)cc1S(=O)(=O)O. The maximum atomic E-state index is 12.7. The predicted octanol–water partition coefficient (Wildman–Crippen LogP) is 3.11. The van der Waals surface area contributed by atoms with Gasteiger partial charge in [0.15, 0.2) is 25.4 Å². The number of phenols is 1. The Morgan fingerprint density at radius 1 is 0.576 bits per heavy atom. The molecule has 4 aromatic rings. The number of hydrogen-bond acceptors (Lipinski definition) is 21. The molecule has 0 spiro atoms. The Labute approximate surface area is 335 Å². The van der Waals surface area contributed by atoms with Gasteiger partial charge in [-0.15, -0.1) is 20.5 Å². The molecule has 0 aliphatic rings. The van der Waals surface area contributed by atoms with Crippen LogP contribution in [0.3, 0.4) is 0 Å². The van der Waals surface area contributed by atoms with Gasteiger partial charge in [-0.2, -0.15) is 33.7 Å². The largest absolute Gasteiger partial charge is 0.506 e. The van der Waals surface area contributed by atoms with Crippen molar-refractivity contribution in [1.29, 1.82) is 0 Å². The summed E-state index contributed by atoms with van der Waals surface area (Å²) in [5.41, 5.74) is -1.92. The third-order valence-electron chi connectivity index (χ3n) is 7.50. The number of anilines is 1. The smallest absolute Gasteiger partial charge is 0.397 e. The highest BCUT2D eigenvalue weighted by Crippen LogP contribution is 2.47. The molecule has 0 bridgehead atoms. The summed E-state index contributed by atoms with van der Waals surface area (Å²) in [6.45, 7) is -2.02. The Balaban J connectivity index is 1.84. The average molecular weight is 948 g/mol. The fraction of sp³-hybridized carbons (Fsp3) is 0.214. The number of fused-ring (bicyclic) bond motifs is 1. The Morgan fingerprint density at radius 2 is 1.07 bits per heavy atom. The van der Waals surface area contributed by atoms with Gasteiger partial charge in [-0.3, -0.25) is 18.2 Å². The van der Waals surface area contributed by atoms with Crippen LogP contribution in [0.5, 0.6) is 11.5 Å². The number of nitrogens with one attached hydrogen (secondary N) is 1. The lowest BCUT2D eigenvalue weighted by molar-refractivity contribution is 0.282. The van der Waals surface area contributed by atoms with Crippen molar-refractivity contribution in [1.82, 2.24) is 0 Å². The zero-order valence-electron chi connectivity index (χ0n) is 29.6. The molecule has 322 valence electrons.